The fourth-order valence-corrected chi connectivity index (χ4v) is 3.34. The minimum Gasteiger partial charge on any atom is -0.494 e. The van der Waals surface area contributed by atoms with Gasteiger partial charge in [0.2, 0.25) is 0 Å². The summed E-state index contributed by atoms with van der Waals surface area (Å²) >= 11 is 0. The quantitative estimate of drug-likeness (QED) is 0.900. The van der Waals surface area contributed by atoms with Crippen LogP contribution in [0.1, 0.15) is 25.5 Å². The zero-order valence-electron chi connectivity index (χ0n) is 14.4. The van der Waals surface area contributed by atoms with Gasteiger partial charge in [-0.25, -0.2) is 4.68 Å². The second-order valence-electron chi connectivity index (χ2n) is 6.38. The van der Waals surface area contributed by atoms with Crippen LogP contribution in [0.3, 0.4) is 0 Å². The van der Waals surface area contributed by atoms with E-state index in [0.717, 1.165) is 31.1 Å². The van der Waals surface area contributed by atoms with E-state index in [0.29, 0.717) is 12.0 Å². The van der Waals surface area contributed by atoms with Crippen LogP contribution in [0.25, 0.3) is 5.69 Å². The van der Waals surface area contributed by atoms with E-state index in [9.17, 15) is 0 Å². The number of hydrogen-bond acceptors (Lipinski definition) is 4. The molecule has 1 fully saturated rings. The van der Waals surface area contributed by atoms with Gasteiger partial charge in [-0.1, -0.05) is 12.1 Å². The van der Waals surface area contributed by atoms with Gasteiger partial charge in [0.25, 0.3) is 0 Å². The van der Waals surface area contributed by atoms with Gasteiger partial charge in [0.1, 0.15) is 11.4 Å². The molecule has 5 nitrogen and oxygen atoms in total. The first kappa shape index (κ1) is 18.8. The lowest BCUT2D eigenvalue weighted by Crippen LogP contribution is -2.39. The van der Waals surface area contributed by atoms with Crippen LogP contribution in [-0.4, -0.2) is 40.9 Å². The number of nitrogens with zero attached hydrogens (tertiary/aromatic N) is 3. The molecule has 1 aromatic heterocycles. The second kappa shape index (κ2) is 8.51. The maximum absolute atomic E-state index is 6.03. The van der Waals surface area contributed by atoms with Crippen LogP contribution in [-0.2, 0) is 6.54 Å². The molecule has 0 saturated carbocycles. The lowest BCUT2D eigenvalue weighted by Gasteiger charge is -2.33. The number of para-hydroxylation sites is 2. The molecule has 1 unspecified atom stereocenters. The number of aromatic nitrogens is 2. The molecule has 1 atom stereocenters. The molecule has 1 aliphatic heterocycles. The molecule has 0 bridgehead atoms. The predicted octanol–water partition coefficient (Wildman–Crippen LogP) is 2.86. The number of rotatable bonds is 5. The van der Waals surface area contributed by atoms with Crippen LogP contribution in [0.15, 0.2) is 36.5 Å². The van der Waals surface area contributed by atoms with Crippen LogP contribution in [0.5, 0.6) is 5.75 Å². The fourth-order valence-electron chi connectivity index (χ4n) is 3.34. The Balaban J connectivity index is 0.00000208. The molecular weight excluding hydrogens is 324 g/mol. The average Bonchev–Trinajstić information content (AvgIpc) is 3.03. The van der Waals surface area contributed by atoms with E-state index in [-0.39, 0.29) is 12.4 Å². The molecule has 0 radical (unpaired) electrons. The topological polar surface area (TPSA) is 56.3 Å². The first-order valence-electron chi connectivity index (χ1n) is 8.33. The van der Waals surface area contributed by atoms with Gasteiger partial charge >= 0.3 is 0 Å². The van der Waals surface area contributed by atoms with E-state index in [1.807, 2.05) is 35.1 Å². The lowest BCUT2D eigenvalue weighted by molar-refractivity contribution is 0.163. The van der Waals surface area contributed by atoms with E-state index in [2.05, 4.69) is 23.0 Å². The molecule has 6 heteroatoms. The van der Waals surface area contributed by atoms with E-state index >= 15 is 0 Å². The molecule has 2 N–H and O–H groups in total. The Bertz CT molecular complexity index is 635. The average molecular weight is 351 g/mol. The van der Waals surface area contributed by atoms with Gasteiger partial charge < -0.3 is 10.5 Å². The predicted molar refractivity (Wildman–Crippen MR) is 99.0 cm³/mol. The highest BCUT2D eigenvalue weighted by atomic mass is 35.5. The first-order valence-corrected chi connectivity index (χ1v) is 8.33. The van der Waals surface area contributed by atoms with Crippen molar-refractivity contribution >= 4 is 12.4 Å². The van der Waals surface area contributed by atoms with E-state index in [4.69, 9.17) is 10.5 Å². The number of likely N-dealkylation sites (tertiary alicyclic amines) is 1. The maximum atomic E-state index is 6.03. The van der Waals surface area contributed by atoms with Crippen LogP contribution in [0, 0.1) is 5.92 Å². The zero-order chi connectivity index (χ0) is 16.2. The number of nitrogens with two attached hydrogens (primary N) is 1. The largest absolute Gasteiger partial charge is 0.494 e. The standard InChI is InChI=1S/C18H26N4O.ClH/c1-14(19)15-8-11-21(12-9-15)13-16-7-10-20-22(16)17-5-3-4-6-18(17)23-2;/h3-7,10,14-15H,8-9,11-13,19H2,1-2H3;1H. The molecule has 24 heavy (non-hydrogen) atoms. The normalized spacial score (nSPS) is 17.3. The van der Waals surface area contributed by atoms with Crippen molar-refractivity contribution in [1.29, 1.82) is 0 Å². The van der Waals surface area contributed by atoms with Gasteiger partial charge in [-0.05, 0) is 57.0 Å². The van der Waals surface area contributed by atoms with Gasteiger partial charge in [-0.2, -0.15) is 5.10 Å². The highest BCUT2D eigenvalue weighted by molar-refractivity contribution is 5.85. The summed E-state index contributed by atoms with van der Waals surface area (Å²) in [5.41, 5.74) is 8.21. The third-order valence-corrected chi connectivity index (χ3v) is 4.80. The van der Waals surface area contributed by atoms with Crippen molar-refractivity contribution in [2.24, 2.45) is 11.7 Å². The molecule has 0 spiro atoms. The molecule has 3 rings (SSSR count). The minimum absolute atomic E-state index is 0. The van der Waals surface area contributed by atoms with Gasteiger partial charge in [-0.3, -0.25) is 4.90 Å². The monoisotopic (exact) mass is 350 g/mol. The summed E-state index contributed by atoms with van der Waals surface area (Å²) in [5.74, 6) is 1.50. The third-order valence-electron chi connectivity index (χ3n) is 4.80. The molecule has 132 valence electrons. The highest BCUT2D eigenvalue weighted by Gasteiger charge is 2.22. The number of ether oxygens (including phenoxy) is 1. The van der Waals surface area contributed by atoms with Gasteiger partial charge in [-0.15, -0.1) is 12.4 Å². The Hall–Kier alpha value is -1.56. The SMILES string of the molecule is COc1ccccc1-n1nccc1CN1CCC(C(C)N)CC1.Cl. The Morgan fingerprint density at radius 2 is 1.96 bits per heavy atom. The molecule has 1 aromatic carbocycles. The zero-order valence-corrected chi connectivity index (χ0v) is 15.2. The summed E-state index contributed by atoms with van der Waals surface area (Å²) in [7, 11) is 1.70. The van der Waals surface area contributed by atoms with Crippen molar-refractivity contribution in [1.82, 2.24) is 14.7 Å². The van der Waals surface area contributed by atoms with Crippen molar-refractivity contribution in [2.45, 2.75) is 32.4 Å². The summed E-state index contributed by atoms with van der Waals surface area (Å²) in [6.45, 7) is 5.23. The molecule has 1 saturated heterocycles. The van der Waals surface area contributed by atoms with Crippen molar-refractivity contribution < 1.29 is 4.74 Å². The number of methoxy groups -OCH3 is 1. The Labute approximate surface area is 150 Å². The number of benzene rings is 1. The summed E-state index contributed by atoms with van der Waals surface area (Å²) in [4.78, 5) is 2.49. The first-order chi connectivity index (χ1) is 11.2. The lowest BCUT2D eigenvalue weighted by atomic mass is 9.91. The Kier molecular flexibility index (Phi) is 6.66. The van der Waals surface area contributed by atoms with Crippen LogP contribution >= 0.6 is 12.4 Å². The smallest absolute Gasteiger partial charge is 0.144 e. The second-order valence-corrected chi connectivity index (χ2v) is 6.38. The Morgan fingerprint density at radius 1 is 1.25 bits per heavy atom. The van der Waals surface area contributed by atoms with Crippen LogP contribution < -0.4 is 10.5 Å². The third kappa shape index (κ3) is 4.09. The summed E-state index contributed by atoms with van der Waals surface area (Å²) in [6, 6.07) is 10.4. The number of hydrogen-bond donors (Lipinski definition) is 1. The minimum atomic E-state index is 0. The molecule has 0 aliphatic carbocycles. The highest BCUT2D eigenvalue weighted by Crippen LogP contribution is 2.25. The van der Waals surface area contributed by atoms with Crippen molar-refractivity contribution in [3.05, 3.63) is 42.2 Å². The van der Waals surface area contributed by atoms with Crippen molar-refractivity contribution in [3.8, 4) is 11.4 Å². The molecule has 1 aliphatic rings. The molecule has 0 amide bonds. The van der Waals surface area contributed by atoms with Gasteiger partial charge in [0, 0.05) is 18.8 Å². The van der Waals surface area contributed by atoms with E-state index in [1.54, 1.807) is 7.11 Å². The summed E-state index contributed by atoms with van der Waals surface area (Å²) in [6.07, 6.45) is 4.22. The van der Waals surface area contributed by atoms with Gasteiger partial charge in [0.05, 0.1) is 12.8 Å². The van der Waals surface area contributed by atoms with Crippen LogP contribution in [0.2, 0.25) is 0 Å². The van der Waals surface area contributed by atoms with E-state index < -0.39 is 0 Å². The Morgan fingerprint density at radius 3 is 2.62 bits per heavy atom. The van der Waals surface area contributed by atoms with Crippen molar-refractivity contribution in [3.63, 3.8) is 0 Å². The van der Waals surface area contributed by atoms with Gasteiger partial charge in [0.15, 0.2) is 0 Å². The van der Waals surface area contributed by atoms with Crippen LogP contribution in [0.4, 0.5) is 0 Å². The number of halogens is 1. The molecule has 2 aromatic rings. The summed E-state index contributed by atoms with van der Waals surface area (Å²) < 4.78 is 7.45. The fraction of sp³-hybridized carbons (Fsp3) is 0.500. The van der Waals surface area contributed by atoms with E-state index in [1.165, 1.54) is 18.5 Å². The molecule has 2 heterocycles. The summed E-state index contributed by atoms with van der Waals surface area (Å²) in [5, 5.41) is 4.49. The number of piperidine rings is 1. The maximum Gasteiger partial charge on any atom is 0.144 e. The molecular formula is C18H27ClN4O. The van der Waals surface area contributed by atoms with Crippen molar-refractivity contribution in [2.75, 3.05) is 20.2 Å².